The first kappa shape index (κ1) is 11.5. The molecule has 0 aliphatic carbocycles. The molecule has 1 aromatic rings. The summed E-state index contributed by atoms with van der Waals surface area (Å²) in [7, 11) is 0. The van der Waals surface area contributed by atoms with E-state index in [1.54, 1.807) is 6.07 Å². The summed E-state index contributed by atoms with van der Waals surface area (Å²) in [5.41, 5.74) is -0.210. The van der Waals surface area contributed by atoms with Crippen LogP contribution in [0.2, 0.25) is 0 Å². The zero-order chi connectivity index (χ0) is 13.1. The second-order valence-electron chi connectivity index (χ2n) is 4.63. The third kappa shape index (κ3) is 3.56. The van der Waals surface area contributed by atoms with Crippen LogP contribution in [-0.2, 0) is 11.2 Å². The number of thiol groups is 1. The molecule has 16 heavy (non-hydrogen) atoms. The summed E-state index contributed by atoms with van der Waals surface area (Å²) < 4.78 is 12.8. The lowest BCUT2D eigenvalue weighted by Crippen LogP contribution is -2.26. The van der Waals surface area contributed by atoms with Gasteiger partial charge in [-0.3, -0.25) is 4.79 Å². The van der Waals surface area contributed by atoms with E-state index in [4.69, 9.17) is 6.11 Å². The highest BCUT2D eigenvalue weighted by Gasteiger charge is 2.24. The second-order valence-corrected chi connectivity index (χ2v) is 5.00. The minimum atomic E-state index is -0.533. The second kappa shape index (κ2) is 5.39. The normalized spacial score (nSPS) is 14.1. The Bertz CT molecular complexity index is 397. The van der Waals surface area contributed by atoms with Crippen molar-refractivity contribution in [1.82, 2.24) is 0 Å². The van der Waals surface area contributed by atoms with Gasteiger partial charge >= 0.3 is 5.97 Å². The number of benzene rings is 1. The zero-order valence-electron chi connectivity index (χ0n) is 10.9. The van der Waals surface area contributed by atoms with E-state index in [9.17, 15) is 4.79 Å². The number of hydrogen-bond donors (Lipinski definition) is 1. The third-order valence-corrected chi connectivity index (χ3v) is 2.28. The van der Waals surface area contributed by atoms with Gasteiger partial charge in [0.05, 0.1) is 5.41 Å². The van der Waals surface area contributed by atoms with E-state index in [-0.39, 0.29) is 5.97 Å². The van der Waals surface area contributed by atoms with Crippen LogP contribution in [0.3, 0.4) is 0 Å². The fourth-order valence-electron chi connectivity index (χ4n) is 1.12. The Morgan fingerprint density at radius 1 is 1.44 bits per heavy atom. The fourth-order valence-corrected chi connectivity index (χ4v) is 1.32. The van der Waals surface area contributed by atoms with Gasteiger partial charge in [0.15, 0.2) is 0 Å². The van der Waals surface area contributed by atoms with Crippen molar-refractivity contribution in [3.05, 3.63) is 29.8 Å². The van der Waals surface area contributed by atoms with E-state index in [1.807, 2.05) is 39.0 Å². The van der Waals surface area contributed by atoms with Crippen molar-refractivity contribution >= 4 is 18.6 Å². The molecule has 2 nitrogen and oxygen atoms in total. The molecule has 0 aliphatic rings. The molecule has 0 saturated heterocycles. The quantitative estimate of drug-likeness (QED) is 0.499. The van der Waals surface area contributed by atoms with E-state index >= 15 is 0 Å². The van der Waals surface area contributed by atoms with Crippen molar-refractivity contribution in [2.45, 2.75) is 27.2 Å². The molecule has 88 valence electrons. The topological polar surface area (TPSA) is 26.3 Å². The molecular weight excluding hydrogens is 220 g/mol. The molecule has 1 rings (SSSR count). The van der Waals surface area contributed by atoms with Crippen LogP contribution in [0.15, 0.2) is 24.3 Å². The minimum absolute atomic E-state index is 0.273. The van der Waals surface area contributed by atoms with Crippen LogP contribution in [0, 0.1) is 5.41 Å². The zero-order valence-corrected chi connectivity index (χ0v) is 10.8. The minimum Gasteiger partial charge on any atom is -0.426 e. The van der Waals surface area contributed by atoms with E-state index in [0.717, 1.165) is 5.56 Å². The van der Waals surface area contributed by atoms with Crippen molar-refractivity contribution in [2.75, 3.05) is 5.73 Å². The number of rotatable bonds is 3. The van der Waals surface area contributed by atoms with Gasteiger partial charge in [-0.1, -0.05) is 18.2 Å². The molecule has 3 heteroatoms. The summed E-state index contributed by atoms with van der Waals surface area (Å²) in [5.74, 6) is 0.254. The van der Waals surface area contributed by atoms with Crippen LogP contribution < -0.4 is 4.74 Å². The molecular formula is C13H18O2S. The summed E-state index contributed by atoms with van der Waals surface area (Å²) in [4.78, 5) is 11.8. The predicted octanol–water partition coefficient (Wildman–Crippen LogP) is 3.11. The van der Waals surface area contributed by atoms with Gasteiger partial charge in [-0.2, -0.15) is 12.6 Å². The standard InChI is InChI=1S/C13H18O2S/c1-13(2,3)12(14)15-11-7-5-4-6-10(11)8-9-16/h4-7,16H,8-9H2,1-3H3/i9T. The number of para-hydroxylation sites is 1. The molecule has 1 unspecified atom stereocenters. The summed E-state index contributed by atoms with van der Waals surface area (Å²) in [5, 5.41) is 0. The molecule has 0 saturated carbocycles. The van der Waals surface area contributed by atoms with Gasteiger partial charge in [0, 0.05) is 1.37 Å². The van der Waals surface area contributed by atoms with Gasteiger partial charge in [0.2, 0.25) is 0 Å². The Labute approximate surface area is 104 Å². The van der Waals surface area contributed by atoms with Gasteiger partial charge in [-0.25, -0.2) is 0 Å². The van der Waals surface area contributed by atoms with Gasteiger partial charge in [0.1, 0.15) is 5.75 Å². The van der Waals surface area contributed by atoms with Gasteiger partial charge in [-0.05, 0) is 44.6 Å². The number of carbonyl (C=O) groups excluding carboxylic acids is 1. The van der Waals surface area contributed by atoms with Crippen molar-refractivity contribution in [1.29, 1.82) is 0 Å². The summed E-state index contributed by atoms with van der Waals surface area (Å²) in [6, 6.07) is 7.27. The Morgan fingerprint density at radius 2 is 2.06 bits per heavy atom. The van der Waals surface area contributed by atoms with Crippen LogP contribution in [0.5, 0.6) is 5.75 Å². The lowest BCUT2D eigenvalue weighted by molar-refractivity contribution is -0.143. The van der Waals surface area contributed by atoms with E-state index in [0.29, 0.717) is 12.2 Å². The SMILES string of the molecule is [3H]C(S)Cc1ccccc1OC(=O)C(C)(C)C. The molecule has 0 radical (unpaired) electrons. The Morgan fingerprint density at radius 3 is 2.62 bits per heavy atom. The number of esters is 1. The maximum atomic E-state index is 11.8. The average Bonchev–Trinajstić information content (AvgIpc) is 2.18. The first-order valence-electron chi connectivity index (χ1n) is 5.79. The van der Waals surface area contributed by atoms with E-state index in [1.165, 1.54) is 0 Å². The van der Waals surface area contributed by atoms with Crippen LogP contribution >= 0.6 is 12.6 Å². The van der Waals surface area contributed by atoms with Crippen LogP contribution in [-0.4, -0.2) is 11.7 Å². The molecule has 0 bridgehead atoms. The summed E-state index contributed by atoms with van der Waals surface area (Å²) in [6.45, 7) is 5.43. The first-order chi connectivity index (χ1) is 7.80. The number of hydrogen-bond acceptors (Lipinski definition) is 3. The molecule has 0 amide bonds. The van der Waals surface area contributed by atoms with Gasteiger partial charge < -0.3 is 4.74 Å². The highest BCUT2D eigenvalue weighted by Crippen LogP contribution is 2.23. The highest BCUT2D eigenvalue weighted by atomic mass is 32.1. The van der Waals surface area contributed by atoms with Crippen LogP contribution in [0.25, 0.3) is 0 Å². The number of ether oxygens (including phenoxy) is 1. The van der Waals surface area contributed by atoms with Crippen LogP contribution in [0.1, 0.15) is 27.7 Å². The smallest absolute Gasteiger partial charge is 0.316 e. The lowest BCUT2D eigenvalue weighted by atomic mass is 9.97. The highest BCUT2D eigenvalue weighted by molar-refractivity contribution is 7.80. The maximum Gasteiger partial charge on any atom is 0.316 e. The molecule has 0 spiro atoms. The average molecular weight is 240 g/mol. The molecule has 1 atom stereocenters. The molecule has 0 aromatic heterocycles. The Hall–Kier alpha value is -0.960. The van der Waals surface area contributed by atoms with Gasteiger partial charge in [-0.15, -0.1) is 0 Å². The predicted molar refractivity (Wildman–Crippen MR) is 69.1 cm³/mol. The van der Waals surface area contributed by atoms with Crippen molar-refractivity contribution in [3.63, 3.8) is 0 Å². The summed E-state index contributed by atoms with van der Waals surface area (Å²) in [6.07, 6.45) is 0.455. The van der Waals surface area contributed by atoms with Crippen molar-refractivity contribution < 1.29 is 10.9 Å². The molecule has 0 aliphatic heterocycles. The van der Waals surface area contributed by atoms with Crippen molar-refractivity contribution in [3.8, 4) is 5.75 Å². The monoisotopic (exact) mass is 240 g/mol. The van der Waals surface area contributed by atoms with E-state index < -0.39 is 11.1 Å². The number of aryl methyl sites for hydroxylation is 1. The van der Waals surface area contributed by atoms with Crippen LogP contribution in [0.4, 0.5) is 0 Å². The fraction of sp³-hybridized carbons (Fsp3) is 0.462. The third-order valence-electron chi connectivity index (χ3n) is 2.10. The van der Waals surface area contributed by atoms with Gasteiger partial charge in [0.25, 0.3) is 0 Å². The Kier molecular flexibility index (Phi) is 3.88. The molecule has 0 heterocycles. The number of carbonyl (C=O) groups is 1. The van der Waals surface area contributed by atoms with Crippen molar-refractivity contribution in [2.24, 2.45) is 5.41 Å². The van der Waals surface area contributed by atoms with E-state index in [2.05, 4.69) is 12.6 Å². The molecule has 1 aromatic carbocycles. The Balaban J connectivity index is 2.87. The first-order valence-corrected chi connectivity index (χ1v) is 5.73. The summed E-state index contributed by atoms with van der Waals surface area (Å²) >= 11 is 4.03. The largest absolute Gasteiger partial charge is 0.426 e. The molecule has 0 N–H and O–H groups in total. The lowest BCUT2D eigenvalue weighted by Gasteiger charge is -2.17. The molecule has 0 fully saturated rings. The maximum absolute atomic E-state index is 11.8.